The van der Waals surface area contributed by atoms with Gasteiger partial charge < -0.3 is 19.0 Å². The molecule has 0 aliphatic carbocycles. The zero-order valence-electron chi connectivity index (χ0n) is 15.4. The summed E-state index contributed by atoms with van der Waals surface area (Å²) in [7, 11) is 0. The summed E-state index contributed by atoms with van der Waals surface area (Å²) in [5, 5.41) is 0.991. The number of hydrogen-bond acceptors (Lipinski definition) is 5. The molecule has 1 fully saturated rings. The largest absolute Gasteiger partial charge is 0.455 e. The van der Waals surface area contributed by atoms with Gasteiger partial charge in [-0.05, 0) is 36.4 Å². The van der Waals surface area contributed by atoms with E-state index in [9.17, 15) is 9.59 Å². The normalized spacial score (nSPS) is 14.6. The number of halogens is 1. The first-order chi connectivity index (χ1) is 14.1. The van der Waals surface area contributed by atoms with Crippen LogP contribution in [0.2, 0.25) is 0 Å². The summed E-state index contributed by atoms with van der Waals surface area (Å²) in [6, 6.07) is 14.3. The average Bonchev–Trinajstić information content (AvgIpc) is 2.74. The van der Waals surface area contributed by atoms with Gasteiger partial charge in [0, 0.05) is 34.9 Å². The fourth-order valence-corrected chi connectivity index (χ4v) is 4.10. The summed E-state index contributed by atoms with van der Waals surface area (Å²) >= 11 is 3.40. The highest BCUT2D eigenvalue weighted by molar-refractivity contribution is 9.10. The van der Waals surface area contributed by atoms with Crippen molar-refractivity contribution >= 4 is 43.6 Å². The second-order valence-electron chi connectivity index (χ2n) is 6.97. The van der Waals surface area contributed by atoms with Crippen molar-refractivity contribution in [2.24, 2.45) is 0 Å². The second-order valence-corrected chi connectivity index (χ2v) is 7.89. The number of aromatic amines is 1. The highest BCUT2D eigenvalue weighted by Crippen LogP contribution is 2.30. The second kappa shape index (κ2) is 7.17. The van der Waals surface area contributed by atoms with E-state index in [4.69, 9.17) is 9.15 Å². The molecule has 146 valence electrons. The molecule has 2 aromatic heterocycles. The number of aromatic nitrogens is 1. The molecule has 4 aromatic rings. The molecule has 7 heteroatoms. The minimum Gasteiger partial charge on any atom is -0.455 e. The number of H-pyrrole nitrogens is 1. The van der Waals surface area contributed by atoms with Crippen LogP contribution in [-0.2, 0) is 4.74 Å². The van der Waals surface area contributed by atoms with Crippen molar-refractivity contribution in [1.82, 2.24) is 4.98 Å². The van der Waals surface area contributed by atoms with Crippen molar-refractivity contribution in [3.8, 4) is 11.3 Å². The van der Waals surface area contributed by atoms with Gasteiger partial charge in [-0.1, -0.05) is 22.0 Å². The van der Waals surface area contributed by atoms with Crippen LogP contribution in [-0.4, -0.2) is 31.3 Å². The Bertz CT molecular complexity index is 1350. The molecule has 5 rings (SSSR count). The topological polar surface area (TPSA) is 75.5 Å². The van der Waals surface area contributed by atoms with Crippen LogP contribution in [0.25, 0.3) is 33.2 Å². The van der Waals surface area contributed by atoms with E-state index in [0.717, 1.165) is 23.2 Å². The van der Waals surface area contributed by atoms with Gasteiger partial charge >= 0.3 is 0 Å². The number of anilines is 1. The van der Waals surface area contributed by atoms with Crippen LogP contribution in [0.4, 0.5) is 5.69 Å². The van der Waals surface area contributed by atoms with Crippen molar-refractivity contribution < 1.29 is 9.15 Å². The first kappa shape index (κ1) is 18.1. The first-order valence-corrected chi connectivity index (χ1v) is 10.1. The van der Waals surface area contributed by atoms with E-state index < -0.39 is 0 Å². The number of para-hydroxylation sites is 1. The fraction of sp³-hybridized carbons (Fsp3) is 0.182. The summed E-state index contributed by atoms with van der Waals surface area (Å²) in [6.07, 6.45) is 0. The third kappa shape index (κ3) is 3.26. The quantitative estimate of drug-likeness (QED) is 0.466. The van der Waals surface area contributed by atoms with Gasteiger partial charge in [0.1, 0.15) is 11.2 Å². The van der Waals surface area contributed by atoms with Crippen LogP contribution in [0.3, 0.4) is 0 Å². The molecule has 29 heavy (non-hydrogen) atoms. The monoisotopic (exact) mass is 452 g/mol. The molecule has 1 aliphatic rings. The molecule has 3 heterocycles. The van der Waals surface area contributed by atoms with Crippen molar-refractivity contribution in [3.05, 3.63) is 73.6 Å². The van der Waals surface area contributed by atoms with Gasteiger partial charge in [0.25, 0.3) is 0 Å². The number of ether oxygens (including phenoxy) is 1. The van der Waals surface area contributed by atoms with Gasteiger partial charge in [0.15, 0.2) is 0 Å². The standard InChI is InChI=1S/C22H17BrN2O4/c23-13-4-5-19-17(10-13)21(27)16-3-1-2-15(22(16)29-19)18-11-14(12-20(26)24-18)25-6-8-28-9-7-25/h1-5,10-12H,6-9H2,(H,24,26). The number of nitrogens with zero attached hydrogens (tertiary/aromatic N) is 1. The zero-order valence-corrected chi connectivity index (χ0v) is 17.0. The van der Waals surface area contributed by atoms with Crippen LogP contribution in [0.1, 0.15) is 0 Å². The van der Waals surface area contributed by atoms with E-state index >= 15 is 0 Å². The van der Waals surface area contributed by atoms with E-state index in [1.165, 1.54) is 0 Å². The Morgan fingerprint density at radius 2 is 1.79 bits per heavy atom. The van der Waals surface area contributed by atoms with Crippen molar-refractivity contribution in [3.63, 3.8) is 0 Å². The van der Waals surface area contributed by atoms with E-state index in [1.54, 1.807) is 30.3 Å². The highest BCUT2D eigenvalue weighted by Gasteiger charge is 2.16. The maximum atomic E-state index is 13.0. The molecule has 0 atom stereocenters. The molecular formula is C22H17BrN2O4. The van der Waals surface area contributed by atoms with Gasteiger partial charge in [-0.3, -0.25) is 9.59 Å². The third-order valence-corrected chi connectivity index (χ3v) is 5.65. The molecule has 0 amide bonds. The number of pyridine rings is 1. The lowest BCUT2D eigenvalue weighted by Gasteiger charge is -2.28. The van der Waals surface area contributed by atoms with Gasteiger partial charge in [-0.15, -0.1) is 0 Å². The summed E-state index contributed by atoms with van der Waals surface area (Å²) in [4.78, 5) is 30.4. The Kier molecular flexibility index (Phi) is 4.49. The molecule has 2 aromatic carbocycles. The lowest BCUT2D eigenvalue weighted by atomic mass is 10.0. The molecule has 1 aliphatic heterocycles. The molecule has 0 bridgehead atoms. The fourth-order valence-electron chi connectivity index (χ4n) is 3.74. The maximum absolute atomic E-state index is 13.0. The third-order valence-electron chi connectivity index (χ3n) is 5.15. The van der Waals surface area contributed by atoms with E-state index in [0.29, 0.717) is 46.4 Å². The minimum absolute atomic E-state index is 0.101. The minimum atomic E-state index is -0.201. The molecule has 0 radical (unpaired) electrons. The predicted molar refractivity (Wildman–Crippen MR) is 117 cm³/mol. The first-order valence-electron chi connectivity index (χ1n) is 9.33. The van der Waals surface area contributed by atoms with Crippen LogP contribution in [0, 0.1) is 0 Å². The molecule has 1 saturated heterocycles. The van der Waals surface area contributed by atoms with Gasteiger partial charge in [0.2, 0.25) is 11.0 Å². The average molecular weight is 453 g/mol. The van der Waals surface area contributed by atoms with Crippen LogP contribution in [0.5, 0.6) is 0 Å². The number of benzene rings is 2. The summed E-state index contributed by atoms with van der Waals surface area (Å²) in [5.41, 5.74) is 2.79. The molecule has 0 unspecified atom stereocenters. The number of nitrogens with one attached hydrogen (secondary N) is 1. The highest BCUT2D eigenvalue weighted by atomic mass is 79.9. The number of hydrogen-bond donors (Lipinski definition) is 1. The van der Waals surface area contributed by atoms with Crippen LogP contribution in [0.15, 0.2) is 67.0 Å². The lowest BCUT2D eigenvalue weighted by Crippen LogP contribution is -2.36. The number of fused-ring (bicyclic) bond motifs is 2. The van der Waals surface area contributed by atoms with E-state index in [1.807, 2.05) is 18.2 Å². The van der Waals surface area contributed by atoms with E-state index in [2.05, 4.69) is 25.8 Å². The van der Waals surface area contributed by atoms with Crippen molar-refractivity contribution in [2.75, 3.05) is 31.2 Å². The zero-order chi connectivity index (χ0) is 20.0. The predicted octanol–water partition coefficient (Wildman–Crippen LogP) is 3.90. The Labute approximate surface area is 173 Å². The Balaban J connectivity index is 1.74. The smallest absolute Gasteiger partial charge is 0.250 e. The van der Waals surface area contributed by atoms with Crippen LogP contribution >= 0.6 is 15.9 Å². The number of morpholine rings is 1. The van der Waals surface area contributed by atoms with Crippen molar-refractivity contribution in [1.29, 1.82) is 0 Å². The lowest BCUT2D eigenvalue weighted by molar-refractivity contribution is 0.122. The molecule has 1 N–H and O–H groups in total. The SMILES string of the molecule is O=c1cc(N2CCOCC2)cc(-c2cccc3c(=O)c4cc(Br)ccc4oc23)[nH]1. The summed E-state index contributed by atoms with van der Waals surface area (Å²) in [6.45, 7) is 2.72. The molecule has 0 saturated carbocycles. The Morgan fingerprint density at radius 1 is 0.966 bits per heavy atom. The van der Waals surface area contributed by atoms with Gasteiger partial charge in [0.05, 0.1) is 29.7 Å². The number of rotatable bonds is 2. The molecular weight excluding hydrogens is 436 g/mol. The van der Waals surface area contributed by atoms with Gasteiger partial charge in [-0.25, -0.2) is 0 Å². The van der Waals surface area contributed by atoms with E-state index in [-0.39, 0.29) is 11.0 Å². The van der Waals surface area contributed by atoms with Crippen LogP contribution < -0.4 is 15.9 Å². The maximum Gasteiger partial charge on any atom is 0.250 e. The molecule has 6 nitrogen and oxygen atoms in total. The molecule has 0 spiro atoms. The summed E-state index contributed by atoms with van der Waals surface area (Å²) < 4.78 is 12.3. The van der Waals surface area contributed by atoms with Crippen molar-refractivity contribution in [2.45, 2.75) is 0 Å². The Hall–Kier alpha value is -2.90. The van der Waals surface area contributed by atoms with Gasteiger partial charge in [-0.2, -0.15) is 0 Å². The summed E-state index contributed by atoms with van der Waals surface area (Å²) in [5.74, 6) is 0. The Morgan fingerprint density at radius 3 is 2.62 bits per heavy atom.